The summed E-state index contributed by atoms with van der Waals surface area (Å²) in [6, 6.07) is -12.3. The monoisotopic (exact) mass is 1160 g/mol. The highest BCUT2D eigenvalue weighted by Crippen LogP contribution is 2.27. The van der Waals surface area contributed by atoms with Crippen molar-refractivity contribution in [3.8, 4) is 0 Å². The van der Waals surface area contributed by atoms with Crippen molar-refractivity contribution in [1.82, 2.24) is 56.6 Å². The number of aromatic nitrogens is 2. The van der Waals surface area contributed by atoms with Crippen LogP contribution in [0.4, 0.5) is 0 Å². The topological polar surface area (TPSA) is 563 Å². The van der Waals surface area contributed by atoms with Crippen LogP contribution in [0.15, 0.2) is 22.5 Å². The highest BCUT2D eigenvalue weighted by Gasteiger charge is 2.45. The molecule has 0 radical (unpaired) electrons. The van der Waals surface area contributed by atoms with Crippen LogP contribution in [0.5, 0.6) is 0 Å². The number of nitrogens with two attached hydrogens (primary N) is 7. The first-order chi connectivity index (χ1) is 38.9. The first-order valence-corrected chi connectivity index (χ1v) is 26.9. The number of aromatic amines is 1. The zero-order valence-corrected chi connectivity index (χ0v) is 45.4. The number of aliphatic carboxylic acids is 1. The van der Waals surface area contributed by atoms with E-state index in [-0.39, 0.29) is 89.6 Å². The Kier molecular flexibility index (Phi) is 26.1. The van der Waals surface area contributed by atoms with Gasteiger partial charge in [-0.3, -0.25) is 67.5 Å². The van der Waals surface area contributed by atoms with E-state index in [9.17, 15) is 67.7 Å². The second-order valence-corrected chi connectivity index (χ2v) is 19.9. The molecule has 3 aliphatic heterocycles. The highest BCUT2D eigenvalue weighted by molar-refractivity contribution is 5.99. The van der Waals surface area contributed by atoms with E-state index in [1.807, 2.05) is 0 Å². The molecular formula is C48H78N20O14. The minimum Gasteiger partial charge on any atom is -0.481 e. The third kappa shape index (κ3) is 20.1. The van der Waals surface area contributed by atoms with Crippen LogP contribution in [-0.2, 0) is 64.0 Å². The van der Waals surface area contributed by atoms with Crippen LogP contribution in [0.25, 0.3) is 0 Å². The maximum atomic E-state index is 14.5. The average molecular weight is 1160 g/mol. The van der Waals surface area contributed by atoms with Gasteiger partial charge in [-0.15, -0.1) is 0 Å². The van der Waals surface area contributed by atoms with E-state index in [2.05, 4.69) is 51.9 Å². The van der Waals surface area contributed by atoms with Crippen molar-refractivity contribution in [3.63, 3.8) is 0 Å². The molecule has 1 aromatic rings. The number of amides is 11. The van der Waals surface area contributed by atoms with Crippen LogP contribution in [0.3, 0.4) is 0 Å². The van der Waals surface area contributed by atoms with Gasteiger partial charge in [0.25, 0.3) is 0 Å². The van der Waals surface area contributed by atoms with Crippen molar-refractivity contribution in [2.24, 2.45) is 50.1 Å². The lowest BCUT2D eigenvalue weighted by atomic mass is 10.0. The quantitative estimate of drug-likeness (QED) is 0.0177. The number of aliphatic hydroxyl groups excluding tert-OH is 1. The number of rotatable bonds is 33. The summed E-state index contributed by atoms with van der Waals surface area (Å²) in [6.07, 6.45) is 2.25. The molecule has 0 bridgehead atoms. The lowest BCUT2D eigenvalue weighted by Gasteiger charge is -2.34. The summed E-state index contributed by atoms with van der Waals surface area (Å²) in [5.74, 6) is -11.0. The van der Waals surface area contributed by atoms with E-state index < -0.39 is 158 Å². The number of carbonyl (C=O) groups excluding carboxylic acids is 11. The Balaban J connectivity index is 1.57. The van der Waals surface area contributed by atoms with Crippen LogP contribution in [0, 0.1) is 0 Å². The molecule has 9 atom stereocenters. The second kappa shape index (κ2) is 32.5. The Bertz CT molecular complexity index is 2510. The molecule has 0 spiro atoms. The van der Waals surface area contributed by atoms with Crippen LogP contribution in [0.2, 0.25) is 0 Å². The summed E-state index contributed by atoms with van der Waals surface area (Å²) in [5.41, 5.74) is 38.4. The van der Waals surface area contributed by atoms with E-state index in [1.165, 1.54) is 27.2 Å². The number of carbonyl (C=O) groups is 12. The van der Waals surface area contributed by atoms with E-state index in [4.69, 9.17) is 40.1 Å². The number of likely N-dealkylation sites (tertiary alicyclic amines) is 3. The van der Waals surface area contributed by atoms with Gasteiger partial charge in [0.15, 0.2) is 11.9 Å². The lowest BCUT2D eigenvalue weighted by molar-refractivity contribution is -0.148. The number of nitrogens with one attached hydrogen (secondary N) is 7. The van der Waals surface area contributed by atoms with Gasteiger partial charge in [0.05, 0.1) is 19.5 Å². The number of carboxylic acids is 1. The van der Waals surface area contributed by atoms with E-state index in [0.717, 1.165) is 0 Å². The summed E-state index contributed by atoms with van der Waals surface area (Å²) in [4.78, 5) is 180. The number of nitrogens with zero attached hydrogens (tertiary/aromatic N) is 6. The molecule has 34 nitrogen and oxygen atoms in total. The normalized spacial score (nSPS) is 18.8. The average Bonchev–Trinajstić information content (AvgIpc) is 4.44. The Morgan fingerprint density at radius 2 is 1.06 bits per heavy atom. The SMILES string of the molecule is NCC(=O)N1CCCC1C(=O)NC(CCCN=C(N)N)C(=O)N1CCCC1C(=O)N1CCCC1C(=O)NC(CCC(=O)O)C(=O)NC(CCCN=C(N)N)C(=O)NC(Cc1cnc[nH]1)C(=O)NC(CCC(N)=O)C(=O)NC(CO)C(N)=O. The number of primary amides is 2. The molecule has 82 heavy (non-hydrogen) atoms. The zero-order chi connectivity index (χ0) is 60.6. The zero-order valence-electron chi connectivity index (χ0n) is 45.4. The van der Waals surface area contributed by atoms with Gasteiger partial charge in [0, 0.05) is 63.9 Å². The van der Waals surface area contributed by atoms with Crippen LogP contribution in [0.1, 0.15) is 95.6 Å². The predicted molar refractivity (Wildman–Crippen MR) is 289 cm³/mol. The van der Waals surface area contributed by atoms with Crippen LogP contribution in [-0.4, -0.2) is 218 Å². The minimum atomic E-state index is -1.64. The van der Waals surface area contributed by atoms with Gasteiger partial charge in [-0.2, -0.15) is 0 Å². The third-order valence-electron chi connectivity index (χ3n) is 13.9. The molecule has 23 N–H and O–H groups in total. The van der Waals surface area contributed by atoms with Crippen LogP contribution < -0.4 is 72.0 Å². The van der Waals surface area contributed by atoms with Crippen molar-refractivity contribution in [2.75, 3.05) is 45.9 Å². The number of guanidine groups is 2. The van der Waals surface area contributed by atoms with Crippen molar-refractivity contribution >= 4 is 82.9 Å². The molecule has 454 valence electrons. The molecule has 3 fully saturated rings. The second-order valence-electron chi connectivity index (χ2n) is 19.9. The van der Waals surface area contributed by atoms with Gasteiger partial charge >= 0.3 is 5.97 Å². The fraction of sp³-hybridized carbons (Fsp3) is 0.646. The predicted octanol–water partition coefficient (Wildman–Crippen LogP) is -8.49. The first-order valence-electron chi connectivity index (χ1n) is 26.9. The fourth-order valence-electron chi connectivity index (χ4n) is 9.72. The standard InChI is InChI=1S/C48H78N20O14/c49-21-36(71)66-17-3-8-32(66)43(79)63-29(7-2-16-58-48(54)55)45(81)68-19-5-10-34(68)46(82)67-18-4-9-33(67)44(80)62-28(12-14-37(72)73)40(76)60-26(6-1-15-57-47(52)53)39(75)64-30(20-25-22-56-24-59-25)42(78)61-27(11-13-35(50)70)41(77)65-31(23-69)38(51)74/h22,24,26-34,69H,1-21,23,49H2,(H2,50,70)(H2,51,74)(H,56,59)(H,60,76)(H,61,78)(H,62,80)(H,63,79)(H,64,75)(H,65,77)(H,72,73)(H4,52,53,57)(H4,54,55,58). The number of hydrogen-bond donors (Lipinski definition) is 16. The smallest absolute Gasteiger partial charge is 0.303 e. The molecule has 3 aliphatic rings. The molecule has 4 rings (SSSR count). The molecular weight excluding hydrogens is 1080 g/mol. The Labute approximate surface area is 471 Å². The number of carboxylic acid groups (broad SMARTS) is 1. The van der Waals surface area contributed by atoms with Gasteiger partial charge in [0.1, 0.15) is 54.4 Å². The molecule has 4 heterocycles. The molecule has 1 aromatic heterocycles. The number of imidazole rings is 1. The van der Waals surface area contributed by atoms with Gasteiger partial charge in [-0.1, -0.05) is 0 Å². The van der Waals surface area contributed by atoms with Crippen molar-refractivity contribution < 1.29 is 67.7 Å². The maximum Gasteiger partial charge on any atom is 0.303 e. The van der Waals surface area contributed by atoms with Gasteiger partial charge in [0.2, 0.25) is 65.0 Å². The molecule has 11 amide bonds. The Morgan fingerprint density at radius 3 is 1.57 bits per heavy atom. The minimum absolute atomic E-state index is 0.0287. The first kappa shape index (κ1) is 65.8. The molecule has 0 aliphatic carbocycles. The summed E-state index contributed by atoms with van der Waals surface area (Å²) >= 11 is 0. The number of hydrogen-bond acceptors (Lipinski definition) is 17. The van der Waals surface area contributed by atoms with Crippen LogP contribution >= 0.6 is 0 Å². The number of aliphatic imine (C=N–C) groups is 2. The van der Waals surface area contributed by atoms with Gasteiger partial charge < -0.3 is 102 Å². The molecule has 0 saturated carbocycles. The summed E-state index contributed by atoms with van der Waals surface area (Å²) in [5, 5.41) is 34.3. The highest BCUT2D eigenvalue weighted by atomic mass is 16.4. The fourth-order valence-corrected chi connectivity index (χ4v) is 9.72. The number of aliphatic hydroxyl groups is 1. The Hall–Kier alpha value is -8.69. The maximum absolute atomic E-state index is 14.5. The Morgan fingerprint density at radius 1 is 0.598 bits per heavy atom. The largest absolute Gasteiger partial charge is 0.481 e. The summed E-state index contributed by atoms with van der Waals surface area (Å²) in [7, 11) is 0. The summed E-state index contributed by atoms with van der Waals surface area (Å²) in [6.45, 7) is -0.690. The van der Waals surface area contributed by atoms with E-state index in [0.29, 0.717) is 37.9 Å². The van der Waals surface area contributed by atoms with Crippen molar-refractivity contribution in [2.45, 2.75) is 151 Å². The van der Waals surface area contributed by atoms with Gasteiger partial charge in [-0.05, 0) is 77.0 Å². The molecule has 0 aromatic carbocycles. The van der Waals surface area contributed by atoms with Crippen molar-refractivity contribution in [3.05, 3.63) is 18.2 Å². The summed E-state index contributed by atoms with van der Waals surface area (Å²) < 4.78 is 0. The van der Waals surface area contributed by atoms with Gasteiger partial charge in [-0.25, -0.2) is 4.98 Å². The van der Waals surface area contributed by atoms with Crippen molar-refractivity contribution in [1.29, 1.82) is 0 Å². The van der Waals surface area contributed by atoms with E-state index in [1.54, 1.807) is 0 Å². The molecule has 3 saturated heterocycles. The lowest BCUT2D eigenvalue weighted by Crippen LogP contribution is -2.60. The van der Waals surface area contributed by atoms with E-state index >= 15 is 0 Å². The molecule has 9 unspecified atom stereocenters. The number of H-pyrrole nitrogens is 1. The molecule has 34 heteroatoms. The third-order valence-corrected chi connectivity index (χ3v) is 13.9.